The summed E-state index contributed by atoms with van der Waals surface area (Å²) in [6.45, 7) is 1.04. The standard InChI is InChI=1S/C30H32N4O5/c1-33-19-28(35)32-26-18-34(30(37)23-10-13-31-14-11-23)15-12-27(26)38-20-22-5-3-7-25(17-22)39-24-6-2-4-21(16-24)8-9-29(33)36/h2-7,10-11,13-14,16-17,26-27H,8-9,12,15,18-20H2,1H3,(H,32,35)/t26-,27+/m0/s1. The number of nitrogens with one attached hydrogen (secondary N) is 1. The van der Waals surface area contributed by atoms with Crippen molar-refractivity contribution in [3.05, 3.63) is 89.7 Å². The molecule has 0 unspecified atom stereocenters. The van der Waals surface area contributed by atoms with Crippen LogP contribution in [-0.2, 0) is 27.4 Å². The Morgan fingerprint density at radius 1 is 0.974 bits per heavy atom. The summed E-state index contributed by atoms with van der Waals surface area (Å²) in [7, 11) is 1.63. The highest BCUT2D eigenvalue weighted by molar-refractivity contribution is 5.94. The van der Waals surface area contributed by atoms with Crippen molar-refractivity contribution in [1.29, 1.82) is 0 Å². The second-order valence-electron chi connectivity index (χ2n) is 9.95. The number of hydrogen-bond acceptors (Lipinski definition) is 6. The SMILES string of the molecule is CN1CC(=O)N[C@H]2CN(C(=O)c3ccncc3)CC[C@H]2OCc2cccc(c2)Oc2cccc(c2)CCC1=O. The van der Waals surface area contributed by atoms with Gasteiger partial charge in [0.2, 0.25) is 11.8 Å². The molecule has 0 saturated carbocycles. The maximum absolute atomic E-state index is 13.1. The Kier molecular flexibility index (Phi) is 8.17. The summed E-state index contributed by atoms with van der Waals surface area (Å²) < 4.78 is 12.4. The van der Waals surface area contributed by atoms with E-state index in [4.69, 9.17) is 9.47 Å². The van der Waals surface area contributed by atoms with E-state index < -0.39 is 6.04 Å². The summed E-state index contributed by atoms with van der Waals surface area (Å²) in [6.07, 6.45) is 4.22. The van der Waals surface area contributed by atoms with E-state index in [1.807, 2.05) is 48.5 Å². The lowest BCUT2D eigenvalue weighted by atomic mass is 10.0. The molecule has 0 aliphatic carbocycles. The quantitative estimate of drug-likeness (QED) is 0.521. The summed E-state index contributed by atoms with van der Waals surface area (Å²) in [5.41, 5.74) is 2.46. The lowest BCUT2D eigenvalue weighted by molar-refractivity contribution is -0.135. The molecule has 2 aromatic carbocycles. The summed E-state index contributed by atoms with van der Waals surface area (Å²) in [5.74, 6) is 0.841. The number of fused-ring (bicyclic) bond motifs is 5. The molecular formula is C30H32N4O5. The molecule has 3 heterocycles. The molecule has 39 heavy (non-hydrogen) atoms. The molecule has 1 aromatic heterocycles. The minimum absolute atomic E-state index is 0.0778. The summed E-state index contributed by atoms with van der Waals surface area (Å²) >= 11 is 0. The van der Waals surface area contributed by atoms with Crippen LogP contribution >= 0.6 is 0 Å². The lowest BCUT2D eigenvalue weighted by Gasteiger charge is -2.39. The molecule has 3 amide bonds. The Labute approximate surface area is 227 Å². The van der Waals surface area contributed by atoms with Crippen LogP contribution in [0, 0.1) is 0 Å². The van der Waals surface area contributed by atoms with Gasteiger partial charge in [-0.05, 0) is 60.4 Å². The van der Waals surface area contributed by atoms with Crippen LogP contribution in [0.2, 0.25) is 0 Å². The van der Waals surface area contributed by atoms with Crippen LogP contribution < -0.4 is 10.1 Å². The van der Waals surface area contributed by atoms with Gasteiger partial charge in [-0.2, -0.15) is 0 Å². The highest BCUT2D eigenvalue weighted by Crippen LogP contribution is 2.25. The number of hydrogen-bond donors (Lipinski definition) is 1. The van der Waals surface area contributed by atoms with Gasteiger partial charge in [-0.3, -0.25) is 19.4 Å². The first-order valence-corrected chi connectivity index (χ1v) is 13.1. The van der Waals surface area contributed by atoms with E-state index in [2.05, 4.69) is 10.3 Å². The topological polar surface area (TPSA) is 101 Å². The smallest absolute Gasteiger partial charge is 0.254 e. The van der Waals surface area contributed by atoms with E-state index >= 15 is 0 Å². The van der Waals surface area contributed by atoms with Crippen LogP contribution in [-0.4, -0.2) is 71.3 Å². The first-order chi connectivity index (χ1) is 18.9. The minimum atomic E-state index is -0.432. The van der Waals surface area contributed by atoms with Crippen molar-refractivity contribution in [3.8, 4) is 11.5 Å². The van der Waals surface area contributed by atoms with Crippen LogP contribution in [0.15, 0.2) is 73.1 Å². The number of carbonyl (C=O) groups is 3. The summed E-state index contributed by atoms with van der Waals surface area (Å²) in [4.78, 5) is 46.1. The molecule has 4 bridgehead atoms. The van der Waals surface area contributed by atoms with Crippen molar-refractivity contribution >= 4 is 17.7 Å². The zero-order valence-electron chi connectivity index (χ0n) is 21.9. The molecule has 2 aliphatic rings. The van der Waals surface area contributed by atoms with Gasteiger partial charge < -0.3 is 24.6 Å². The average Bonchev–Trinajstić information content (AvgIpc) is 2.95. The van der Waals surface area contributed by atoms with Gasteiger partial charge in [-0.15, -0.1) is 0 Å². The highest BCUT2D eigenvalue weighted by Gasteiger charge is 2.34. The third-order valence-electron chi connectivity index (χ3n) is 7.04. The number of carbonyl (C=O) groups excluding carboxylic acids is 3. The van der Waals surface area contributed by atoms with Gasteiger partial charge in [0.15, 0.2) is 0 Å². The van der Waals surface area contributed by atoms with E-state index in [-0.39, 0.29) is 36.8 Å². The van der Waals surface area contributed by atoms with Crippen LogP contribution in [0.5, 0.6) is 11.5 Å². The van der Waals surface area contributed by atoms with Crippen LogP contribution in [0.4, 0.5) is 0 Å². The van der Waals surface area contributed by atoms with Gasteiger partial charge in [0.25, 0.3) is 5.91 Å². The number of pyridine rings is 1. The van der Waals surface area contributed by atoms with Gasteiger partial charge in [-0.1, -0.05) is 24.3 Å². The predicted molar refractivity (Wildman–Crippen MR) is 144 cm³/mol. The molecule has 2 atom stereocenters. The predicted octanol–water partition coefficient (Wildman–Crippen LogP) is 3.19. The number of amides is 3. The number of benzene rings is 2. The van der Waals surface area contributed by atoms with Crippen LogP contribution in [0.3, 0.4) is 0 Å². The lowest BCUT2D eigenvalue weighted by Crippen LogP contribution is -2.58. The van der Waals surface area contributed by atoms with E-state index in [9.17, 15) is 14.4 Å². The van der Waals surface area contributed by atoms with Crippen molar-refractivity contribution in [3.63, 3.8) is 0 Å². The number of aryl methyl sites for hydroxylation is 1. The highest BCUT2D eigenvalue weighted by atomic mass is 16.5. The largest absolute Gasteiger partial charge is 0.457 e. The first kappa shape index (κ1) is 26.4. The molecule has 0 spiro atoms. The molecule has 9 heteroatoms. The number of nitrogens with zero attached hydrogens (tertiary/aromatic N) is 3. The Bertz CT molecular complexity index is 1330. The minimum Gasteiger partial charge on any atom is -0.457 e. The fraction of sp³-hybridized carbons (Fsp3) is 0.333. The Morgan fingerprint density at radius 2 is 1.69 bits per heavy atom. The zero-order valence-corrected chi connectivity index (χ0v) is 21.9. The van der Waals surface area contributed by atoms with Gasteiger partial charge in [0.05, 0.1) is 25.3 Å². The normalized spacial score (nSPS) is 20.6. The summed E-state index contributed by atoms with van der Waals surface area (Å²) in [6, 6.07) is 18.3. The Morgan fingerprint density at radius 3 is 2.46 bits per heavy atom. The molecule has 1 saturated heterocycles. The average molecular weight is 529 g/mol. The molecule has 202 valence electrons. The van der Waals surface area contributed by atoms with Gasteiger partial charge in [-0.25, -0.2) is 0 Å². The third kappa shape index (κ3) is 6.80. The summed E-state index contributed by atoms with van der Waals surface area (Å²) in [5, 5.41) is 3.03. The first-order valence-electron chi connectivity index (χ1n) is 13.1. The molecule has 2 aliphatic heterocycles. The third-order valence-corrected chi connectivity index (χ3v) is 7.04. The van der Waals surface area contributed by atoms with Crippen molar-refractivity contribution in [2.45, 2.75) is 38.0 Å². The van der Waals surface area contributed by atoms with E-state index in [0.717, 1.165) is 11.1 Å². The van der Waals surface area contributed by atoms with Gasteiger partial charge >= 0.3 is 0 Å². The fourth-order valence-corrected chi connectivity index (χ4v) is 4.93. The van der Waals surface area contributed by atoms with Gasteiger partial charge in [0.1, 0.15) is 11.5 Å². The van der Waals surface area contributed by atoms with E-state index in [0.29, 0.717) is 49.6 Å². The van der Waals surface area contributed by atoms with Crippen molar-refractivity contribution < 1.29 is 23.9 Å². The molecular weight excluding hydrogens is 496 g/mol. The number of aromatic nitrogens is 1. The number of piperidine rings is 1. The molecule has 1 N–H and O–H groups in total. The maximum atomic E-state index is 13.1. The van der Waals surface area contributed by atoms with E-state index in [1.165, 1.54) is 4.90 Å². The number of likely N-dealkylation sites (tertiary alicyclic amines) is 1. The van der Waals surface area contributed by atoms with Crippen molar-refractivity contribution in [1.82, 2.24) is 20.1 Å². The molecule has 9 nitrogen and oxygen atoms in total. The fourth-order valence-electron chi connectivity index (χ4n) is 4.93. The second kappa shape index (κ2) is 12.1. The van der Waals surface area contributed by atoms with E-state index in [1.54, 1.807) is 36.5 Å². The zero-order chi connectivity index (χ0) is 27.2. The van der Waals surface area contributed by atoms with Gasteiger partial charge in [0, 0.05) is 44.5 Å². The Hall–Kier alpha value is -4.24. The monoisotopic (exact) mass is 528 g/mol. The molecule has 3 aromatic rings. The number of rotatable bonds is 1. The molecule has 0 radical (unpaired) electrons. The number of likely N-dealkylation sites (N-methyl/N-ethyl adjacent to an activating group) is 1. The second-order valence-corrected chi connectivity index (χ2v) is 9.95. The van der Waals surface area contributed by atoms with Crippen molar-refractivity contribution in [2.75, 3.05) is 26.7 Å². The maximum Gasteiger partial charge on any atom is 0.254 e. The molecule has 1 fully saturated rings. The van der Waals surface area contributed by atoms with Crippen LogP contribution in [0.1, 0.15) is 34.3 Å². The number of ether oxygens (including phenoxy) is 2. The Balaban J connectivity index is 1.37. The van der Waals surface area contributed by atoms with Crippen LogP contribution in [0.25, 0.3) is 0 Å². The molecule has 5 rings (SSSR count). The van der Waals surface area contributed by atoms with Crippen molar-refractivity contribution in [2.24, 2.45) is 0 Å².